The average Bonchev–Trinajstić information content (AvgIpc) is 2.47. The Bertz CT molecular complexity index is 333. The van der Waals surface area contributed by atoms with E-state index < -0.39 is 6.10 Å². The van der Waals surface area contributed by atoms with E-state index in [1.165, 1.54) is 19.3 Å². The van der Waals surface area contributed by atoms with Crippen molar-refractivity contribution in [3.8, 4) is 0 Å². The summed E-state index contributed by atoms with van der Waals surface area (Å²) in [7, 11) is 0. The van der Waals surface area contributed by atoms with E-state index in [0.717, 1.165) is 44.9 Å². The van der Waals surface area contributed by atoms with Gasteiger partial charge in [-0.2, -0.15) is 0 Å². The first-order chi connectivity index (χ1) is 10.2. The van der Waals surface area contributed by atoms with Crippen molar-refractivity contribution in [1.29, 1.82) is 0 Å². The van der Waals surface area contributed by atoms with Crippen LogP contribution >= 0.6 is 0 Å². The number of unbranched alkanes of at least 4 members (excludes halogenated alkanes) is 2. The SMILES string of the molecule is CCCCCC1OC(=O)CCCCCCCC/C=C\C1=O. The summed E-state index contributed by atoms with van der Waals surface area (Å²) in [6.45, 7) is 2.13. The molecule has 0 bridgehead atoms. The van der Waals surface area contributed by atoms with E-state index in [2.05, 4.69) is 6.92 Å². The molecule has 0 radical (unpaired) electrons. The van der Waals surface area contributed by atoms with Crippen LogP contribution in [0, 0.1) is 0 Å². The predicted octanol–water partition coefficient (Wildman–Crippen LogP) is 4.74. The molecule has 120 valence electrons. The van der Waals surface area contributed by atoms with E-state index in [9.17, 15) is 9.59 Å². The maximum Gasteiger partial charge on any atom is 0.306 e. The van der Waals surface area contributed by atoms with Gasteiger partial charge < -0.3 is 4.74 Å². The number of esters is 1. The van der Waals surface area contributed by atoms with Gasteiger partial charge in [-0.1, -0.05) is 51.5 Å². The minimum atomic E-state index is -0.566. The third-order valence-corrected chi connectivity index (χ3v) is 3.94. The van der Waals surface area contributed by atoms with Crippen molar-refractivity contribution in [2.45, 2.75) is 90.1 Å². The van der Waals surface area contributed by atoms with E-state index in [4.69, 9.17) is 4.74 Å². The van der Waals surface area contributed by atoms with Crippen LogP contribution in [0.4, 0.5) is 0 Å². The molecule has 0 fully saturated rings. The summed E-state index contributed by atoms with van der Waals surface area (Å²) in [6, 6.07) is 0. The summed E-state index contributed by atoms with van der Waals surface area (Å²) in [5.74, 6) is -0.258. The summed E-state index contributed by atoms with van der Waals surface area (Å²) >= 11 is 0. The summed E-state index contributed by atoms with van der Waals surface area (Å²) in [5.41, 5.74) is 0. The van der Waals surface area contributed by atoms with Crippen LogP contribution in [-0.2, 0) is 14.3 Å². The Kier molecular flexibility index (Phi) is 9.84. The normalized spacial score (nSPS) is 24.1. The maximum absolute atomic E-state index is 12.2. The van der Waals surface area contributed by atoms with Gasteiger partial charge in [-0.25, -0.2) is 0 Å². The lowest BCUT2D eigenvalue weighted by Gasteiger charge is -2.15. The number of ether oxygens (including phenoxy) is 1. The minimum Gasteiger partial charge on any atom is -0.454 e. The molecule has 1 aliphatic heterocycles. The van der Waals surface area contributed by atoms with Crippen molar-refractivity contribution < 1.29 is 14.3 Å². The number of rotatable bonds is 4. The van der Waals surface area contributed by atoms with Crippen molar-refractivity contribution in [2.75, 3.05) is 0 Å². The first-order valence-corrected chi connectivity index (χ1v) is 8.64. The fourth-order valence-electron chi connectivity index (χ4n) is 2.60. The molecule has 0 spiro atoms. The molecule has 0 aromatic rings. The Balaban J connectivity index is 2.57. The number of carbonyl (C=O) groups excluding carboxylic acids is 2. The molecule has 1 heterocycles. The molecule has 1 unspecified atom stereocenters. The zero-order valence-corrected chi connectivity index (χ0v) is 13.4. The standard InChI is InChI=1S/C18H30O3/c1-2-3-10-14-17-16(19)13-11-8-6-4-5-7-9-12-15-18(20)21-17/h11,13,17H,2-10,12,14-15H2,1H3/b13-11-. The van der Waals surface area contributed by atoms with Crippen LogP contribution in [0.5, 0.6) is 0 Å². The van der Waals surface area contributed by atoms with Crippen molar-refractivity contribution in [2.24, 2.45) is 0 Å². The lowest BCUT2D eigenvalue weighted by molar-refractivity contribution is -0.154. The van der Waals surface area contributed by atoms with E-state index >= 15 is 0 Å². The molecule has 0 saturated carbocycles. The zero-order valence-electron chi connectivity index (χ0n) is 13.4. The van der Waals surface area contributed by atoms with Crippen LogP contribution < -0.4 is 0 Å². The smallest absolute Gasteiger partial charge is 0.306 e. The molecule has 0 aromatic carbocycles. The molecule has 0 aliphatic carbocycles. The van der Waals surface area contributed by atoms with Crippen LogP contribution in [0.3, 0.4) is 0 Å². The van der Waals surface area contributed by atoms with Crippen molar-refractivity contribution in [1.82, 2.24) is 0 Å². The summed E-state index contributed by atoms with van der Waals surface area (Å²) in [4.78, 5) is 24.0. The molecule has 0 N–H and O–H groups in total. The van der Waals surface area contributed by atoms with Gasteiger partial charge >= 0.3 is 5.97 Å². The molecule has 1 aliphatic rings. The van der Waals surface area contributed by atoms with Gasteiger partial charge in [0.15, 0.2) is 11.9 Å². The highest BCUT2D eigenvalue weighted by Crippen LogP contribution is 2.14. The van der Waals surface area contributed by atoms with E-state index in [1.54, 1.807) is 6.08 Å². The highest BCUT2D eigenvalue weighted by atomic mass is 16.5. The van der Waals surface area contributed by atoms with Crippen LogP contribution in [0.1, 0.15) is 84.0 Å². The lowest BCUT2D eigenvalue weighted by atomic mass is 10.0. The second kappa shape index (κ2) is 11.5. The van der Waals surface area contributed by atoms with Crippen LogP contribution in [0.2, 0.25) is 0 Å². The molecule has 0 amide bonds. The average molecular weight is 294 g/mol. The second-order valence-electron chi connectivity index (χ2n) is 5.94. The summed E-state index contributed by atoms with van der Waals surface area (Å²) in [5, 5.41) is 0. The highest BCUT2D eigenvalue weighted by Gasteiger charge is 2.20. The minimum absolute atomic E-state index is 0.0449. The Labute approximate surface area is 129 Å². The van der Waals surface area contributed by atoms with E-state index in [0.29, 0.717) is 12.8 Å². The zero-order chi connectivity index (χ0) is 15.3. The van der Waals surface area contributed by atoms with Crippen molar-refractivity contribution in [3.05, 3.63) is 12.2 Å². The molecule has 1 atom stereocenters. The third kappa shape index (κ3) is 8.69. The molecule has 0 aromatic heterocycles. The number of hydrogen-bond acceptors (Lipinski definition) is 3. The number of cyclic esters (lactones) is 1. The predicted molar refractivity (Wildman–Crippen MR) is 85.1 cm³/mol. The molecule has 0 saturated heterocycles. The lowest BCUT2D eigenvalue weighted by Crippen LogP contribution is -2.26. The topological polar surface area (TPSA) is 43.4 Å². The van der Waals surface area contributed by atoms with Gasteiger partial charge in [0.2, 0.25) is 0 Å². The van der Waals surface area contributed by atoms with Gasteiger partial charge in [-0.3, -0.25) is 9.59 Å². The van der Waals surface area contributed by atoms with E-state index in [-0.39, 0.29) is 11.8 Å². The summed E-state index contributed by atoms with van der Waals surface area (Å²) < 4.78 is 5.41. The first kappa shape index (κ1) is 17.9. The Morgan fingerprint density at radius 1 is 1.05 bits per heavy atom. The largest absolute Gasteiger partial charge is 0.454 e. The molecular formula is C18H30O3. The van der Waals surface area contributed by atoms with E-state index in [1.807, 2.05) is 6.08 Å². The highest BCUT2D eigenvalue weighted by molar-refractivity contribution is 5.94. The molecule has 21 heavy (non-hydrogen) atoms. The second-order valence-corrected chi connectivity index (χ2v) is 5.94. The van der Waals surface area contributed by atoms with Crippen molar-refractivity contribution >= 4 is 11.8 Å². The Hall–Kier alpha value is -1.12. The first-order valence-electron chi connectivity index (χ1n) is 8.64. The fourth-order valence-corrected chi connectivity index (χ4v) is 2.60. The van der Waals surface area contributed by atoms with Gasteiger partial charge in [0, 0.05) is 6.42 Å². The van der Waals surface area contributed by atoms with Crippen LogP contribution in [0.25, 0.3) is 0 Å². The monoisotopic (exact) mass is 294 g/mol. The van der Waals surface area contributed by atoms with Gasteiger partial charge in [-0.15, -0.1) is 0 Å². The molecule has 1 rings (SSSR count). The van der Waals surface area contributed by atoms with Crippen LogP contribution in [-0.4, -0.2) is 17.9 Å². The van der Waals surface area contributed by atoms with Crippen LogP contribution in [0.15, 0.2) is 12.2 Å². The summed E-state index contributed by atoms with van der Waals surface area (Å²) in [6.07, 6.45) is 14.9. The number of ketones is 1. The van der Waals surface area contributed by atoms with Gasteiger partial charge in [0.1, 0.15) is 0 Å². The third-order valence-electron chi connectivity index (χ3n) is 3.94. The maximum atomic E-state index is 12.2. The molecular weight excluding hydrogens is 264 g/mol. The van der Waals surface area contributed by atoms with Gasteiger partial charge in [0.05, 0.1) is 0 Å². The van der Waals surface area contributed by atoms with Gasteiger partial charge in [0.25, 0.3) is 0 Å². The fraction of sp³-hybridized carbons (Fsp3) is 0.778. The van der Waals surface area contributed by atoms with Gasteiger partial charge in [-0.05, 0) is 38.2 Å². The Morgan fingerprint density at radius 3 is 2.52 bits per heavy atom. The molecule has 3 heteroatoms. The van der Waals surface area contributed by atoms with Crippen molar-refractivity contribution in [3.63, 3.8) is 0 Å². The molecule has 3 nitrogen and oxygen atoms in total. The Morgan fingerprint density at radius 2 is 1.76 bits per heavy atom. The quantitative estimate of drug-likeness (QED) is 0.555. The number of hydrogen-bond donors (Lipinski definition) is 0. The number of carbonyl (C=O) groups is 2. The number of allylic oxidation sites excluding steroid dienone is 1.